The highest BCUT2D eigenvalue weighted by atomic mass is 19.1. The maximum atomic E-state index is 13.0. The van der Waals surface area contributed by atoms with Gasteiger partial charge in [0.15, 0.2) is 0 Å². The number of fused-ring (bicyclic) bond motifs is 1. The van der Waals surface area contributed by atoms with Gasteiger partial charge in [-0.05, 0) is 48.4 Å². The average molecular weight is 348 g/mol. The highest BCUT2D eigenvalue weighted by Crippen LogP contribution is 2.26. The summed E-state index contributed by atoms with van der Waals surface area (Å²) in [7, 11) is 0. The largest absolute Gasteiger partial charge is 0.379 e. The van der Waals surface area contributed by atoms with Crippen LogP contribution in [0.15, 0.2) is 59.5 Å². The van der Waals surface area contributed by atoms with Gasteiger partial charge >= 0.3 is 5.69 Å². The smallest absolute Gasteiger partial charge is 0.323 e. The number of imidazole rings is 1. The monoisotopic (exact) mass is 348 g/mol. The number of hydrogen-bond donors (Lipinski definition) is 3. The van der Waals surface area contributed by atoms with E-state index in [4.69, 9.17) is 0 Å². The Morgan fingerprint density at radius 2 is 1.77 bits per heavy atom. The van der Waals surface area contributed by atoms with E-state index in [0.29, 0.717) is 6.54 Å². The second-order valence-corrected chi connectivity index (χ2v) is 6.18. The Balaban J connectivity index is 1.62. The molecule has 4 rings (SSSR count). The van der Waals surface area contributed by atoms with Crippen LogP contribution >= 0.6 is 0 Å². The topological polar surface area (TPSA) is 73.6 Å². The Bertz CT molecular complexity index is 1130. The first kappa shape index (κ1) is 16.1. The second kappa shape index (κ2) is 6.48. The Labute approximate surface area is 148 Å². The Kier molecular flexibility index (Phi) is 4.01. The van der Waals surface area contributed by atoms with Gasteiger partial charge in [-0.3, -0.25) is 4.98 Å². The van der Waals surface area contributed by atoms with Crippen LogP contribution < -0.4 is 11.0 Å². The lowest BCUT2D eigenvalue weighted by Gasteiger charge is -2.11. The van der Waals surface area contributed by atoms with E-state index in [-0.39, 0.29) is 11.5 Å². The van der Waals surface area contributed by atoms with E-state index in [0.717, 1.165) is 39.1 Å². The molecule has 2 heterocycles. The number of halogens is 1. The minimum Gasteiger partial charge on any atom is -0.379 e. The van der Waals surface area contributed by atoms with Gasteiger partial charge < -0.3 is 15.3 Å². The number of aromatic nitrogens is 3. The van der Waals surface area contributed by atoms with Crippen LogP contribution in [0.4, 0.5) is 10.1 Å². The summed E-state index contributed by atoms with van der Waals surface area (Å²) < 4.78 is 13.0. The van der Waals surface area contributed by atoms with Crippen molar-refractivity contribution >= 4 is 16.7 Å². The van der Waals surface area contributed by atoms with Crippen molar-refractivity contribution in [1.29, 1.82) is 0 Å². The molecule has 6 heteroatoms. The third kappa shape index (κ3) is 3.21. The lowest BCUT2D eigenvalue weighted by atomic mass is 10.1. The lowest BCUT2D eigenvalue weighted by molar-refractivity contribution is 0.627. The lowest BCUT2D eigenvalue weighted by Crippen LogP contribution is -2.02. The number of nitrogens with zero attached hydrogens (tertiary/aromatic N) is 1. The van der Waals surface area contributed by atoms with Crippen molar-refractivity contribution in [2.24, 2.45) is 0 Å². The van der Waals surface area contributed by atoms with E-state index >= 15 is 0 Å². The van der Waals surface area contributed by atoms with Gasteiger partial charge in [-0.15, -0.1) is 0 Å². The highest BCUT2D eigenvalue weighted by molar-refractivity contribution is 5.82. The third-order valence-corrected chi connectivity index (χ3v) is 4.33. The van der Waals surface area contributed by atoms with Crippen molar-refractivity contribution in [3.63, 3.8) is 0 Å². The van der Waals surface area contributed by atoms with E-state index in [2.05, 4.69) is 20.3 Å². The van der Waals surface area contributed by atoms with E-state index in [9.17, 15) is 9.18 Å². The first-order valence-electron chi connectivity index (χ1n) is 8.26. The van der Waals surface area contributed by atoms with Gasteiger partial charge in [0.25, 0.3) is 0 Å². The predicted molar refractivity (Wildman–Crippen MR) is 101 cm³/mol. The number of rotatable bonds is 4. The molecule has 0 aliphatic carbocycles. The number of hydrogen-bond acceptors (Lipinski definition) is 3. The number of nitrogens with one attached hydrogen (secondary N) is 3. The highest BCUT2D eigenvalue weighted by Gasteiger charge is 2.06. The molecule has 0 unspecified atom stereocenters. The second-order valence-electron chi connectivity index (χ2n) is 6.18. The molecule has 26 heavy (non-hydrogen) atoms. The molecule has 5 nitrogen and oxygen atoms in total. The van der Waals surface area contributed by atoms with Gasteiger partial charge in [0.2, 0.25) is 0 Å². The Hall–Kier alpha value is -3.41. The molecule has 0 spiro atoms. The minimum atomic E-state index is -0.244. The normalized spacial score (nSPS) is 11.0. The number of anilines is 1. The van der Waals surface area contributed by atoms with Crippen LogP contribution in [0, 0.1) is 12.7 Å². The van der Waals surface area contributed by atoms with Crippen LogP contribution in [0.3, 0.4) is 0 Å². The van der Waals surface area contributed by atoms with Crippen LogP contribution in [-0.4, -0.2) is 15.0 Å². The Morgan fingerprint density at radius 1 is 1.00 bits per heavy atom. The molecule has 0 aliphatic rings. The van der Waals surface area contributed by atoms with Crippen molar-refractivity contribution < 1.29 is 4.39 Å². The van der Waals surface area contributed by atoms with Crippen molar-refractivity contribution in [2.45, 2.75) is 13.5 Å². The van der Waals surface area contributed by atoms with Gasteiger partial charge in [-0.2, -0.15) is 0 Å². The zero-order valence-electron chi connectivity index (χ0n) is 14.1. The number of benzene rings is 2. The van der Waals surface area contributed by atoms with Gasteiger partial charge in [0, 0.05) is 18.3 Å². The first-order valence-corrected chi connectivity index (χ1v) is 8.26. The summed E-state index contributed by atoms with van der Waals surface area (Å²) >= 11 is 0. The molecule has 2 aromatic carbocycles. The molecule has 130 valence electrons. The molecular formula is C20H17FN4O. The Morgan fingerprint density at radius 3 is 2.58 bits per heavy atom. The molecule has 0 saturated heterocycles. The zero-order chi connectivity index (χ0) is 18.1. The average Bonchev–Trinajstić information content (AvgIpc) is 3.01. The molecule has 0 atom stereocenters. The number of H-pyrrole nitrogens is 2. The standard InChI is InChI=1S/C20H17FN4O/c1-12-18(23-10-13-2-5-16(21)6-3-13)9-15(11-22-12)14-4-7-17-19(8-14)25-20(26)24-17/h2-9,11,23H,10H2,1H3,(H2,24,25,26). The van der Waals surface area contributed by atoms with Gasteiger partial charge in [-0.1, -0.05) is 18.2 Å². The summed E-state index contributed by atoms with van der Waals surface area (Å²) in [6, 6.07) is 14.2. The van der Waals surface area contributed by atoms with Gasteiger partial charge in [0.05, 0.1) is 22.4 Å². The van der Waals surface area contributed by atoms with E-state index in [1.165, 1.54) is 12.1 Å². The third-order valence-electron chi connectivity index (χ3n) is 4.33. The molecule has 3 N–H and O–H groups in total. The summed E-state index contributed by atoms with van der Waals surface area (Å²) in [6.07, 6.45) is 1.81. The molecule has 0 saturated carbocycles. The summed E-state index contributed by atoms with van der Waals surface area (Å²) in [5.74, 6) is -0.244. The molecule has 0 amide bonds. The van der Waals surface area contributed by atoms with Crippen LogP contribution in [0.5, 0.6) is 0 Å². The molecular weight excluding hydrogens is 331 g/mol. The summed E-state index contributed by atoms with van der Waals surface area (Å²) in [4.78, 5) is 21.4. The molecule has 0 aliphatic heterocycles. The first-order chi connectivity index (χ1) is 12.6. The molecule has 0 bridgehead atoms. The predicted octanol–water partition coefficient (Wildman–Crippen LogP) is 3.98. The molecule has 4 aromatic rings. The van der Waals surface area contributed by atoms with Gasteiger partial charge in [0.1, 0.15) is 5.82 Å². The van der Waals surface area contributed by atoms with Crippen LogP contribution in [0.25, 0.3) is 22.2 Å². The number of pyridine rings is 1. The van der Waals surface area contributed by atoms with Crippen LogP contribution in [0.2, 0.25) is 0 Å². The molecule has 0 fully saturated rings. The minimum absolute atomic E-state index is 0.221. The van der Waals surface area contributed by atoms with Crippen molar-refractivity contribution in [3.05, 3.63) is 82.3 Å². The maximum Gasteiger partial charge on any atom is 0.323 e. The zero-order valence-corrected chi connectivity index (χ0v) is 14.1. The SMILES string of the molecule is Cc1ncc(-c2ccc3[nH]c(=O)[nH]c3c2)cc1NCc1ccc(F)cc1. The van der Waals surface area contributed by atoms with Crippen molar-refractivity contribution in [1.82, 2.24) is 15.0 Å². The molecule has 0 radical (unpaired) electrons. The summed E-state index contributed by atoms with van der Waals surface area (Å²) in [6.45, 7) is 2.51. The van der Waals surface area contributed by atoms with E-state index in [1.54, 1.807) is 12.1 Å². The molecule has 2 aromatic heterocycles. The van der Waals surface area contributed by atoms with Crippen molar-refractivity contribution in [3.8, 4) is 11.1 Å². The van der Waals surface area contributed by atoms with E-state index in [1.807, 2.05) is 37.4 Å². The fourth-order valence-corrected chi connectivity index (χ4v) is 2.88. The maximum absolute atomic E-state index is 13.0. The fourth-order valence-electron chi connectivity index (χ4n) is 2.88. The summed E-state index contributed by atoms with van der Waals surface area (Å²) in [5, 5.41) is 3.35. The van der Waals surface area contributed by atoms with Crippen molar-refractivity contribution in [2.75, 3.05) is 5.32 Å². The van der Waals surface area contributed by atoms with Crippen LogP contribution in [-0.2, 0) is 6.54 Å². The fraction of sp³-hybridized carbons (Fsp3) is 0.100. The number of aryl methyl sites for hydroxylation is 1. The van der Waals surface area contributed by atoms with E-state index < -0.39 is 0 Å². The van der Waals surface area contributed by atoms with Gasteiger partial charge in [-0.25, -0.2) is 9.18 Å². The quantitative estimate of drug-likeness (QED) is 0.522. The number of aromatic amines is 2. The van der Waals surface area contributed by atoms with Crippen LogP contribution in [0.1, 0.15) is 11.3 Å². The summed E-state index contributed by atoms with van der Waals surface area (Å²) in [5.41, 5.74) is 6.00.